The molecule has 0 aliphatic heterocycles. The van der Waals surface area contributed by atoms with E-state index in [1.54, 1.807) is 7.11 Å². The van der Waals surface area contributed by atoms with Crippen molar-refractivity contribution in [2.24, 2.45) is 5.73 Å². The first-order chi connectivity index (χ1) is 9.08. The molecule has 0 heterocycles. The van der Waals surface area contributed by atoms with Crippen LogP contribution in [0.25, 0.3) is 10.8 Å². The molecule has 1 fully saturated rings. The van der Waals surface area contributed by atoms with E-state index in [0.29, 0.717) is 12.2 Å². The molecule has 0 aromatic heterocycles. The monoisotopic (exact) mass is 257 g/mol. The predicted molar refractivity (Wildman–Crippen MR) is 72.4 cm³/mol. The zero-order chi connectivity index (χ0) is 13.6. The summed E-state index contributed by atoms with van der Waals surface area (Å²) in [7, 11) is 1.59. The zero-order valence-corrected chi connectivity index (χ0v) is 10.6. The average Bonchev–Trinajstić information content (AvgIpc) is 3.10. The molecule has 0 amide bonds. The van der Waals surface area contributed by atoms with Crippen molar-refractivity contribution in [2.75, 3.05) is 7.11 Å². The van der Waals surface area contributed by atoms with E-state index in [9.17, 15) is 9.90 Å². The van der Waals surface area contributed by atoms with Gasteiger partial charge in [-0.05, 0) is 23.3 Å². The number of rotatable bonds is 3. The molecule has 2 aromatic rings. The first kappa shape index (κ1) is 12.0. The molecule has 4 nitrogen and oxygen atoms in total. The molecular weight excluding hydrogens is 242 g/mol. The summed E-state index contributed by atoms with van der Waals surface area (Å²) in [4.78, 5) is 11.2. The van der Waals surface area contributed by atoms with Gasteiger partial charge in [0.25, 0.3) is 0 Å². The van der Waals surface area contributed by atoms with Crippen LogP contribution in [0.15, 0.2) is 36.4 Å². The fourth-order valence-corrected chi connectivity index (χ4v) is 2.69. The third-order valence-electron chi connectivity index (χ3n) is 3.90. The van der Waals surface area contributed by atoms with E-state index in [1.807, 2.05) is 36.4 Å². The van der Waals surface area contributed by atoms with E-state index in [2.05, 4.69) is 0 Å². The summed E-state index contributed by atoms with van der Waals surface area (Å²) < 4.78 is 5.38. The molecule has 19 heavy (non-hydrogen) atoms. The second-order valence-corrected chi connectivity index (χ2v) is 5.00. The molecule has 0 bridgehead atoms. The smallest absolute Gasteiger partial charge is 0.324 e. The highest BCUT2D eigenvalue weighted by molar-refractivity contribution is 5.93. The van der Waals surface area contributed by atoms with Gasteiger partial charge in [0.2, 0.25) is 0 Å². The largest absolute Gasteiger partial charge is 0.496 e. The van der Waals surface area contributed by atoms with Crippen LogP contribution in [0.1, 0.15) is 17.9 Å². The summed E-state index contributed by atoms with van der Waals surface area (Å²) in [5, 5.41) is 11.3. The lowest BCUT2D eigenvalue weighted by Gasteiger charge is -2.13. The van der Waals surface area contributed by atoms with Gasteiger partial charge in [-0.3, -0.25) is 4.79 Å². The van der Waals surface area contributed by atoms with Gasteiger partial charge in [-0.25, -0.2) is 0 Å². The van der Waals surface area contributed by atoms with Crippen molar-refractivity contribution in [3.8, 4) is 5.75 Å². The minimum absolute atomic E-state index is 0.189. The molecule has 0 spiro atoms. The standard InChI is InChI=1S/C15H15NO3/c1-19-12-7-6-9-4-2-3-5-10(9)13(12)11-8-15(11,16)14(17)18/h2-7,11H,8,16H2,1H3,(H,17,18)/t11-,15-/m1/s1. The Morgan fingerprint density at radius 3 is 2.74 bits per heavy atom. The summed E-state index contributed by atoms with van der Waals surface area (Å²) in [5.41, 5.74) is 5.68. The van der Waals surface area contributed by atoms with Crippen LogP contribution in [0, 0.1) is 0 Å². The van der Waals surface area contributed by atoms with Gasteiger partial charge in [-0.2, -0.15) is 0 Å². The van der Waals surface area contributed by atoms with E-state index < -0.39 is 11.5 Å². The Kier molecular flexibility index (Phi) is 2.50. The number of benzene rings is 2. The highest BCUT2D eigenvalue weighted by atomic mass is 16.5. The van der Waals surface area contributed by atoms with E-state index in [0.717, 1.165) is 16.3 Å². The number of carbonyl (C=O) groups is 1. The summed E-state index contributed by atoms with van der Waals surface area (Å²) in [6, 6.07) is 11.7. The minimum atomic E-state index is -1.16. The molecule has 2 aromatic carbocycles. The second-order valence-electron chi connectivity index (χ2n) is 5.00. The lowest BCUT2D eigenvalue weighted by Crippen LogP contribution is -2.34. The molecule has 2 atom stereocenters. The van der Waals surface area contributed by atoms with Crippen LogP contribution in [0.4, 0.5) is 0 Å². The Labute approximate surface area is 110 Å². The minimum Gasteiger partial charge on any atom is -0.496 e. The maximum atomic E-state index is 11.2. The van der Waals surface area contributed by atoms with Gasteiger partial charge in [0, 0.05) is 11.5 Å². The van der Waals surface area contributed by atoms with E-state index in [4.69, 9.17) is 10.5 Å². The molecule has 3 N–H and O–H groups in total. The van der Waals surface area contributed by atoms with Crippen LogP contribution in [-0.4, -0.2) is 23.7 Å². The van der Waals surface area contributed by atoms with Crippen molar-refractivity contribution in [1.82, 2.24) is 0 Å². The number of carboxylic acids is 1. The first-order valence-corrected chi connectivity index (χ1v) is 6.16. The Morgan fingerprint density at radius 1 is 1.37 bits per heavy atom. The van der Waals surface area contributed by atoms with Gasteiger partial charge in [0.15, 0.2) is 0 Å². The van der Waals surface area contributed by atoms with Crippen LogP contribution in [0.3, 0.4) is 0 Å². The lowest BCUT2D eigenvalue weighted by molar-refractivity contribution is -0.139. The highest BCUT2D eigenvalue weighted by Gasteiger charge is 2.59. The SMILES string of the molecule is COc1ccc2ccccc2c1[C@H]1C[C@]1(N)C(=O)O. The van der Waals surface area contributed by atoms with Crippen molar-refractivity contribution in [1.29, 1.82) is 0 Å². The lowest BCUT2D eigenvalue weighted by atomic mass is 9.97. The van der Waals surface area contributed by atoms with E-state index in [1.165, 1.54) is 0 Å². The van der Waals surface area contributed by atoms with Crippen LogP contribution in [0.5, 0.6) is 5.75 Å². The van der Waals surface area contributed by atoms with Crippen molar-refractivity contribution in [3.05, 3.63) is 42.0 Å². The fraction of sp³-hybridized carbons (Fsp3) is 0.267. The highest BCUT2D eigenvalue weighted by Crippen LogP contribution is 2.54. The molecule has 0 saturated heterocycles. The van der Waals surface area contributed by atoms with Crippen LogP contribution in [-0.2, 0) is 4.79 Å². The third-order valence-corrected chi connectivity index (χ3v) is 3.90. The van der Waals surface area contributed by atoms with Gasteiger partial charge >= 0.3 is 5.97 Å². The Morgan fingerprint density at radius 2 is 2.11 bits per heavy atom. The molecule has 1 saturated carbocycles. The summed E-state index contributed by atoms with van der Waals surface area (Å²) >= 11 is 0. The predicted octanol–water partition coefficient (Wildman–Crippen LogP) is 2.12. The van der Waals surface area contributed by atoms with Gasteiger partial charge in [0.1, 0.15) is 11.3 Å². The number of fused-ring (bicyclic) bond motifs is 1. The molecule has 4 heteroatoms. The molecular formula is C15H15NO3. The van der Waals surface area contributed by atoms with Gasteiger partial charge < -0.3 is 15.6 Å². The summed E-state index contributed by atoms with van der Waals surface area (Å²) in [6.45, 7) is 0. The van der Waals surface area contributed by atoms with E-state index in [-0.39, 0.29) is 5.92 Å². The Balaban J connectivity index is 2.20. The summed E-state index contributed by atoms with van der Waals surface area (Å²) in [6.07, 6.45) is 0.451. The van der Waals surface area contributed by atoms with Crippen molar-refractivity contribution < 1.29 is 14.6 Å². The molecule has 1 aliphatic rings. The normalized spacial score (nSPS) is 25.3. The zero-order valence-electron chi connectivity index (χ0n) is 10.6. The van der Waals surface area contributed by atoms with Crippen molar-refractivity contribution in [3.63, 3.8) is 0 Å². The topological polar surface area (TPSA) is 72.5 Å². The maximum Gasteiger partial charge on any atom is 0.324 e. The number of hydrogen-bond donors (Lipinski definition) is 2. The maximum absolute atomic E-state index is 11.2. The number of aliphatic carboxylic acids is 1. The van der Waals surface area contributed by atoms with Crippen molar-refractivity contribution in [2.45, 2.75) is 17.9 Å². The molecule has 98 valence electrons. The fourth-order valence-electron chi connectivity index (χ4n) is 2.69. The Hall–Kier alpha value is -2.07. The number of nitrogens with two attached hydrogens (primary N) is 1. The van der Waals surface area contributed by atoms with Crippen LogP contribution in [0.2, 0.25) is 0 Å². The van der Waals surface area contributed by atoms with Gasteiger partial charge in [-0.1, -0.05) is 30.3 Å². The number of methoxy groups -OCH3 is 1. The third kappa shape index (κ3) is 1.68. The van der Waals surface area contributed by atoms with Gasteiger partial charge in [-0.15, -0.1) is 0 Å². The number of ether oxygens (including phenoxy) is 1. The number of hydrogen-bond acceptors (Lipinski definition) is 3. The molecule has 0 unspecified atom stereocenters. The van der Waals surface area contributed by atoms with Crippen molar-refractivity contribution >= 4 is 16.7 Å². The second kappa shape index (κ2) is 3.96. The first-order valence-electron chi connectivity index (χ1n) is 6.16. The van der Waals surface area contributed by atoms with E-state index >= 15 is 0 Å². The number of carboxylic acid groups (broad SMARTS) is 1. The van der Waals surface area contributed by atoms with Gasteiger partial charge in [0.05, 0.1) is 7.11 Å². The molecule has 1 aliphatic carbocycles. The molecule has 0 radical (unpaired) electrons. The average molecular weight is 257 g/mol. The Bertz CT molecular complexity index is 667. The summed E-state index contributed by atoms with van der Waals surface area (Å²) in [5.74, 6) is -0.434. The quantitative estimate of drug-likeness (QED) is 0.883. The van der Waals surface area contributed by atoms with Crippen LogP contribution >= 0.6 is 0 Å². The van der Waals surface area contributed by atoms with Crippen LogP contribution < -0.4 is 10.5 Å². The molecule has 3 rings (SSSR count).